The van der Waals surface area contributed by atoms with Crippen molar-refractivity contribution < 1.29 is 23.1 Å². The third-order valence-electron chi connectivity index (χ3n) is 9.07. The van der Waals surface area contributed by atoms with Crippen molar-refractivity contribution in [3.63, 3.8) is 0 Å². The maximum absolute atomic E-state index is 13.4. The Kier molecular flexibility index (Phi) is 5.04. The number of aryl methyl sites for hydroxylation is 1. The minimum absolute atomic E-state index is 0.0362. The number of aromatic hydroxyl groups is 1. The third-order valence-corrected chi connectivity index (χ3v) is 10.7. The average Bonchev–Trinajstić information content (AvgIpc) is 3.05. The van der Waals surface area contributed by atoms with Crippen LogP contribution in [0, 0.1) is 35.5 Å². The second-order valence-corrected chi connectivity index (χ2v) is 12.5. The summed E-state index contributed by atoms with van der Waals surface area (Å²) in [7, 11) is -3.95. The first kappa shape index (κ1) is 22.5. The molecule has 2 N–H and O–H groups in total. The number of sulfonamides is 1. The van der Waals surface area contributed by atoms with E-state index in [4.69, 9.17) is 0 Å². The topological polar surface area (TPSA) is 101 Å². The summed E-state index contributed by atoms with van der Waals surface area (Å²) in [5, 5.41) is 9.89. The standard InChI is InChI=1S/C26H31NO5S/c1-15-4-5-16(28)13-23(15)33(31,32)27-22-14-18-19-6-7-24(30)26(19,3)11-9-20(18)25(2)10-8-17(29)12-21(22)25/h4-5,8,10,12-13,18-20,22,27-28H,6-7,9,11,14H2,1-3H3/t18-,19-,20-,22?,25+,26-/m0/s1. The van der Waals surface area contributed by atoms with Crippen LogP contribution in [0.25, 0.3) is 0 Å². The number of allylic oxidation sites excluding steroid dienone is 3. The monoisotopic (exact) mass is 469 g/mol. The molecule has 3 saturated carbocycles. The Balaban J connectivity index is 1.56. The number of carbonyl (C=O) groups is 2. The van der Waals surface area contributed by atoms with Gasteiger partial charge in [-0.15, -0.1) is 0 Å². The van der Waals surface area contributed by atoms with Gasteiger partial charge in [0.15, 0.2) is 5.78 Å². The average molecular weight is 470 g/mol. The number of benzene rings is 1. The molecule has 7 heteroatoms. The van der Waals surface area contributed by atoms with Crippen molar-refractivity contribution in [2.75, 3.05) is 0 Å². The molecule has 3 fully saturated rings. The van der Waals surface area contributed by atoms with E-state index >= 15 is 0 Å². The molecule has 0 radical (unpaired) electrons. The molecule has 33 heavy (non-hydrogen) atoms. The van der Waals surface area contributed by atoms with Gasteiger partial charge >= 0.3 is 0 Å². The molecule has 0 heterocycles. The van der Waals surface area contributed by atoms with Crippen LogP contribution < -0.4 is 4.72 Å². The van der Waals surface area contributed by atoms with Gasteiger partial charge in [0.1, 0.15) is 11.5 Å². The maximum Gasteiger partial charge on any atom is 0.241 e. The molecule has 0 aromatic heterocycles. The van der Waals surface area contributed by atoms with Crippen LogP contribution in [-0.4, -0.2) is 31.1 Å². The Labute approximate surface area is 195 Å². The molecule has 0 bridgehead atoms. The van der Waals surface area contributed by atoms with E-state index < -0.39 is 21.5 Å². The van der Waals surface area contributed by atoms with Gasteiger partial charge in [-0.1, -0.05) is 26.0 Å². The van der Waals surface area contributed by atoms with Gasteiger partial charge in [0.2, 0.25) is 10.0 Å². The Bertz CT molecular complexity index is 1220. The number of fused-ring (bicyclic) bond motifs is 5. The zero-order chi connectivity index (χ0) is 23.8. The van der Waals surface area contributed by atoms with Crippen LogP contribution in [0.2, 0.25) is 0 Å². The minimum atomic E-state index is -3.95. The molecule has 176 valence electrons. The Morgan fingerprint density at radius 1 is 1.12 bits per heavy atom. The summed E-state index contributed by atoms with van der Waals surface area (Å²) in [6, 6.07) is 3.75. The molecule has 6 nitrogen and oxygen atoms in total. The number of carbonyl (C=O) groups excluding carboxylic acids is 2. The summed E-state index contributed by atoms with van der Waals surface area (Å²) in [6.45, 7) is 5.89. The molecule has 5 rings (SSSR count). The lowest BCUT2D eigenvalue weighted by molar-refractivity contribution is -0.131. The second-order valence-electron chi connectivity index (χ2n) is 10.8. The zero-order valence-electron chi connectivity index (χ0n) is 19.3. The van der Waals surface area contributed by atoms with Crippen LogP contribution in [0.4, 0.5) is 0 Å². The number of Topliss-reactive ketones (excluding diaryl/α,β-unsaturated/α-hetero) is 1. The fourth-order valence-corrected chi connectivity index (χ4v) is 8.79. The number of ketones is 2. The van der Waals surface area contributed by atoms with Crippen molar-refractivity contribution >= 4 is 21.6 Å². The highest BCUT2D eigenvalue weighted by molar-refractivity contribution is 7.89. The van der Waals surface area contributed by atoms with E-state index in [0.717, 1.165) is 24.8 Å². The van der Waals surface area contributed by atoms with Crippen LogP contribution >= 0.6 is 0 Å². The molecule has 4 aliphatic rings. The molecule has 0 amide bonds. The summed E-state index contributed by atoms with van der Waals surface area (Å²) in [6.07, 6.45) is 8.91. The fourth-order valence-electron chi connectivity index (χ4n) is 7.29. The van der Waals surface area contributed by atoms with Crippen LogP contribution in [0.3, 0.4) is 0 Å². The summed E-state index contributed by atoms with van der Waals surface area (Å²) >= 11 is 0. The minimum Gasteiger partial charge on any atom is -0.508 e. The summed E-state index contributed by atoms with van der Waals surface area (Å²) in [5.74, 6) is 0.767. The first-order valence-corrected chi connectivity index (χ1v) is 13.2. The molecule has 0 aliphatic heterocycles. The smallest absolute Gasteiger partial charge is 0.241 e. The van der Waals surface area contributed by atoms with E-state index in [-0.39, 0.29) is 39.6 Å². The number of rotatable bonds is 3. The summed E-state index contributed by atoms with van der Waals surface area (Å²) in [4.78, 5) is 25.2. The van der Waals surface area contributed by atoms with Crippen molar-refractivity contribution in [3.05, 3.63) is 47.6 Å². The van der Waals surface area contributed by atoms with Crippen molar-refractivity contribution in [1.82, 2.24) is 4.72 Å². The lowest BCUT2D eigenvalue weighted by Gasteiger charge is -2.57. The summed E-state index contributed by atoms with van der Waals surface area (Å²) < 4.78 is 29.7. The van der Waals surface area contributed by atoms with E-state index in [1.165, 1.54) is 12.1 Å². The highest BCUT2D eigenvalue weighted by Gasteiger charge is 2.60. The molecule has 1 aromatic carbocycles. The molecule has 4 aliphatic carbocycles. The Hall–Kier alpha value is -2.25. The highest BCUT2D eigenvalue weighted by atomic mass is 32.2. The largest absolute Gasteiger partial charge is 0.508 e. The van der Waals surface area contributed by atoms with Crippen molar-refractivity contribution in [2.24, 2.45) is 28.6 Å². The summed E-state index contributed by atoms with van der Waals surface area (Å²) in [5.41, 5.74) is 0.575. The number of nitrogens with one attached hydrogen (secondary N) is 1. The molecular weight excluding hydrogens is 438 g/mol. The lowest BCUT2D eigenvalue weighted by atomic mass is 9.47. The number of hydrogen-bond donors (Lipinski definition) is 2. The molecule has 0 saturated heterocycles. The van der Waals surface area contributed by atoms with Crippen molar-refractivity contribution in [3.8, 4) is 5.75 Å². The second kappa shape index (κ2) is 7.37. The SMILES string of the molecule is Cc1ccc(O)cc1S(=O)(=O)NC1C[C@@H]2[C@H](CC[C@]3(C)C(=O)CC[C@@H]23)[C@@]2(C)C=CC(=O)C=C12. The van der Waals surface area contributed by atoms with Gasteiger partial charge in [-0.2, -0.15) is 0 Å². The van der Waals surface area contributed by atoms with Gasteiger partial charge in [0.25, 0.3) is 0 Å². The van der Waals surface area contributed by atoms with Crippen LogP contribution in [-0.2, 0) is 19.6 Å². The van der Waals surface area contributed by atoms with E-state index in [1.807, 2.05) is 6.08 Å². The van der Waals surface area contributed by atoms with Gasteiger partial charge in [0.05, 0.1) is 4.90 Å². The molecule has 1 aromatic rings. The van der Waals surface area contributed by atoms with E-state index in [9.17, 15) is 23.1 Å². The van der Waals surface area contributed by atoms with E-state index in [1.54, 1.807) is 25.1 Å². The first-order chi connectivity index (χ1) is 15.5. The fraction of sp³-hybridized carbons (Fsp3) is 0.538. The Morgan fingerprint density at radius 2 is 1.88 bits per heavy atom. The van der Waals surface area contributed by atoms with Gasteiger partial charge in [-0.3, -0.25) is 9.59 Å². The Morgan fingerprint density at radius 3 is 2.64 bits per heavy atom. The zero-order valence-corrected chi connectivity index (χ0v) is 20.1. The van der Waals surface area contributed by atoms with E-state index in [2.05, 4.69) is 18.6 Å². The first-order valence-electron chi connectivity index (χ1n) is 11.8. The quantitative estimate of drug-likeness (QED) is 0.701. The van der Waals surface area contributed by atoms with Crippen molar-refractivity contribution in [2.45, 2.75) is 63.8 Å². The van der Waals surface area contributed by atoms with Gasteiger partial charge in [-0.05, 0) is 79.7 Å². The van der Waals surface area contributed by atoms with Crippen LogP contribution in [0.1, 0.15) is 51.5 Å². The molecule has 0 spiro atoms. The molecule has 6 atom stereocenters. The number of phenolic OH excluding ortho intramolecular Hbond substituents is 1. The maximum atomic E-state index is 13.4. The third kappa shape index (κ3) is 3.35. The number of phenols is 1. The predicted octanol–water partition coefficient (Wildman–Crippen LogP) is 3.83. The highest BCUT2D eigenvalue weighted by Crippen LogP contribution is 2.63. The van der Waals surface area contributed by atoms with Gasteiger partial charge < -0.3 is 5.11 Å². The normalized spacial score (nSPS) is 37.8. The van der Waals surface area contributed by atoms with Gasteiger partial charge in [0, 0.05) is 29.4 Å². The lowest BCUT2D eigenvalue weighted by Crippen LogP contribution is -2.56. The predicted molar refractivity (Wildman–Crippen MR) is 124 cm³/mol. The van der Waals surface area contributed by atoms with E-state index in [0.29, 0.717) is 24.2 Å². The number of hydrogen-bond acceptors (Lipinski definition) is 5. The van der Waals surface area contributed by atoms with Crippen LogP contribution in [0.15, 0.2) is 46.9 Å². The van der Waals surface area contributed by atoms with Crippen LogP contribution in [0.5, 0.6) is 5.75 Å². The van der Waals surface area contributed by atoms with Gasteiger partial charge in [-0.25, -0.2) is 13.1 Å². The molecular formula is C26H31NO5S. The molecule has 1 unspecified atom stereocenters. The van der Waals surface area contributed by atoms with Crippen molar-refractivity contribution in [1.29, 1.82) is 0 Å².